The van der Waals surface area contributed by atoms with Crippen LogP contribution < -0.4 is 14.2 Å². The Labute approximate surface area is 110 Å². The van der Waals surface area contributed by atoms with Crippen LogP contribution in [0.4, 0.5) is 0 Å². The van der Waals surface area contributed by atoms with Crippen molar-refractivity contribution in [1.82, 2.24) is 9.97 Å². The number of hydrogen-bond donors (Lipinski definition) is 1. The second kappa shape index (κ2) is 5.43. The third kappa shape index (κ3) is 2.37. The first-order valence-electron chi connectivity index (χ1n) is 5.54. The van der Waals surface area contributed by atoms with Gasteiger partial charge in [-0.3, -0.25) is 4.79 Å². The maximum absolute atomic E-state index is 10.7. The molecule has 0 unspecified atom stereocenters. The van der Waals surface area contributed by atoms with Gasteiger partial charge in [0.1, 0.15) is 5.82 Å². The topological polar surface area (TPSA) is 73.4 Å². The minimum Gasteiger partial charge on any atom is -0.493 e. The van der Waals surface area contributed by atoms with Gasteiger partial charge >= 0.3 is 0 Å². The van der Waals surface area contributed by atoms with Gasteiger partial charge in [-0.15, -0.1) is 0 Å². The van der Waals surface area contributed by atoms with Crippen molar-refractivity contribution < 1.29 is 19.0 Å². The van der Waals surface area contributed by atoms with E-state index in [1.807, 2.05) is 0 Å². The number of imidazole rings is 1. The number of nitrogens with zero attached hydrogens (tertiary/aromatic N) is 1. The molecule has 0 amide bonds. The molecule has 0 bridgehead atoms. The van der Waals surface area contributed by atoms with E-state index in [0.29, 0.717) is 35.1 Å². The molecular weight excluding hydrogens is 248 g/mol. The normalized spacial score (nSPS) is 10.1. The Morgan fingerprint density at radius 2 is 1.74 bits per heavy atom. The van der Waals surface area contributed by atoms with Crippen LogP contribution in [0.15, 0.2) is 18.3 Å². The van der Waals surface area contributed by atoms with Gasteiger partial charge in [-0.1, -0.05) is 0 Å². The van der Waals surface area contributed by atoms with E-state index in [9.17, 15) is 4.79 Å². The second-order valence-corrected chi connectivity index (χ2v) is 3.72. The summed E-state index contributed by atoms with van der Waals surface area (Å²) in [5.41, 5.74) is 1.14. The summed E-state index contributed by atoms with van der Waals surface area (Å²) in [6.45, 7) is 0. The molecule has 19 heavy (non-hydrogen) atoms. The molecule has 6 nitrogen and oxygen atoms in total. The summed E-state index contributed by atoms with van der Waals surface area (Å²) in [4.78, 5) is 17.7. The predicted molar refractivity (Wildman–Crippen MR) is 69.1 cm³/mol. The highest BCUT2D eigenvalue weighted by Gasteiger charge is 2.15. The van der Waals surface area contributed by atoms with E-state index in [-0.39, 0.29) is 0 Å². The molecule has 0 saturated heterocycles. The Hall–Kier alpha value is -2.50. The molecule has 0 atom stereocenters. The molecule has 1 heterocycles. The molecule has 0 fully saturated rings. The van der Waals surface area contributed by atoms with Crippen molar-refractivity contribution in [3.63, 3.8) is 0 Å². The van der Waals surface area contributed by atoms with E-state index < -0.39 is 0 Å². The third-order valence-corrected chi connectivity index (χ3v) is 2.66. The van der Waals surface area contributed by atoms with Crippen molar-refractivity contribution in [2.75, 3.05) is 21.3 Å². The van der Waals surface area contributed by atoms with E-state index in [1.165, 1.54) is 13.3 Å². The first-order valence-corrected chi connectivity index (χ1v) is 5.54. The molecule has 1 N–H and O–H groups in total. The molecule has 0 aliphatic carbocycles. The molecule has 0 aliphatic heterocycles. The predicted octanol–water partition coefficient (Wildman–Crippen LogP) is 1.91. The zero-order valence-corrected chi connectivity index (χ0v) is 10.9. The highest BCUT2D eigenvalue weighted by Crippen LogP contribution is 2.40. The van der Waals surface area contributed by atoms with Crippen LogP contribution >= 0.6 is 0 Å². The van der Waals surface area contributed by atoms with Gasteiger partial charge in [-0.25, -0.2) is 4.98 Å². The Bertz CT molecular complexity index is 567. The van der Waals surface area contributed by atoms with Crippen LogP contribution in [0.1, 0.15) is 10.5 Å². The molecule has 1 aromatic heterocycles. The molecule has 6 heteroatoms. The zero-order valence-electron chi connectivity index (χ0n) is 10.9. The fourth-order valence-electron chi connectivity index (χ4n) is 1.76. The van der Waals surface area contributed by atoms with Gasteiger partial charge in [0.05, 0.1) is 33.2 Å². The zero-order chi connectivity index (χ0) is 13.8. The largest absolute Gasteiger partial charge is 0.493 e. The summed E-state index contributed by atoms with van der Waals surface area (Å²) in [7, 11) is 4.62. The summed E-state index contributed by atoms with van der Waals surface area (Å²) in [6.07, 6.45) is 2.17. The minimum atomic E-state index is 0.406. The number of rotatable bonds is 5. The third-order valence-electron chi connectivity index (χ3n) is 2.66. The number of aromatic nitrogens is 2. The molecule has 0 aliphatic rings. The van der Waals surface area contributed by atoms with Gasteiger partial charge in [0, 0.05) is 5.56 Å². The lowest BCUT2D eigenvalue weighted by molar-refractivity contribution is 0.111. The number of aromatic amines is 1. The molecule has 2 rings (SSSR count). The maximum atomic E-state index is 10.7. The monoisotopic (exact) mass is 262 g/mol. The molecule has 1 aromatic carbocycles. The minimum absolute atomic E-state index is 0.406. The molecule has 2 aromatic rings. The lowest BCUT2D eigenvalue weighted by Gasteiger charge is -2.13. The average molecular weight is 262 g/mol. The number of methoxy groups -OCH3 is 3. The summed E-state index contributed by atoms with van der Waals surface area (Å²) in [5, 5.41) is 0. The van der Waals surface area contributed by atoms with Crippen molar-refractivity contribution in [3.05, 3.63) is 24.0 Å². The summed E-state index contributed by atoms with van der Waals surface area (Å²) >= 11 is 0. The van der Waals surface area contributed by atoms with Crippen LogP contribution in [0.5, 0.6) is 17.2 Å². The number of H-pyrrole nitrogens is 1. The Morgan fingerprint density at radius 1 is 1.11 bits per heavy atom. The van der Waals surface area contributed by atoms with Crippen molar-refractivity contribution in [2.24, 2.45) is 0 Å². The highest BCUT2D eigenvalue weighted by atomic mass is 16.5. The first-order chi connectivity index (χ1) is 9.23. The van der Waals surface area contributed by atoms with Gasteiger partial charge in [0.2, 0.25) is 5.75 Å². The molecular formula is C13H14N2O4. The number of ether oxygens (including phenoxy) is 3. The van der Waals surface area contributed by atoms with E-state index in [2.05, 4.69) is 9.97 Å². The number of carbonyl (C=O) groups is 1. The van der Waals surface area contributed by atoms with Crippen LogP contribution in [-0.2, 0) is 0 Å². The molecule has 0 saturated carbocycles. The van der Waals surface area contributed by atoms with Gasteiger partial charge in [-0.2, -0.15) is 0 Å². The molecule has 0 radical (unpaired) electrons. The number of benzene rings is 1. The van der Waals surface area contributed by atoms with E-state index in [0.717, 1.165) is 5.56 Å². The van der Waals surface area contributed by atoms with Gasteiger partial charge in [0.15, 0.2) is 17.8 Å². The van der Waals surface area contributed by atoms with E-state index in [1.54, 1.807) is 26.4 Å². The number of carbonyl (C=O) groups excluding carboxylic acids is 1. The maximum Gasteiger partial charge on any atom is 0.203 e. The SMILES string of the molecule is COc1cc(-c2ncc(C=O)[nH]2)cc(OC)c1OC. The van der Waals surface area contributed by atoms with Crippen molar-refractivity contribution >= 4 is 6.29 Å². The first kappa shape index (κ1) is 12.9. The summed E-state index contributed by atoms with van der Waals surface area (Å²) < 4.78 is 15.8. The standard InChI is InChI=1S/C13H14N2O4/c1-17-10-4-8(5-11(18-2)12(10)19-3)13-14-6-9(7-16)15-13/h4-7H,1-3H3,(H,14,15). The average Bonchev–Trinajstić information content (AvgIpc) is 2.94. The van der Waals surface area contributed by atoms with E-state index >= 15 is 0 Å². The van der Waals surface area contributed by atoms with E-state index in [4.69, 9.17) is 14.2 Å². The summed E-state index contributed by atoms with van der Waals surface area (Å²) in [5.74, 6) is 2.12. The highest BCUT2D eigenvalue weighted by molar-refractivity contribution is 5.74. The number of aldehydes is 1. The fraction of sp³-hybridized carbons (Fsp3) is 0.231. The van der Waals surface area contributed by atoms with Crippen LogP contribution in [0.25, 0.3) is 11.4 Å². The molecule has 0 spiro atoms. The van der Waals surface area contributed by atoms with Crippen LogP contribution in [0, 0.1) is 0 Å². The van der Waals surface area contributed by atoms with Gasteiger partial charge < -0.3 is 19.2 Å². The smallest absolute Gasteiger partial charge is 0.203 e. The van der Waals surface area contributed by atoms with Crippen molar-refractivity contribution in [3.8, 4) is 28.6 Å². The van der Waals surface area contributed by atoms with Crippen molar-refractivity contribution in [1.29, 1.82) is 0 Å². The van der Waals surface area contributed by atoms with Gasteiger partial charge in [-0.05, 0) is 12.1 Å². The van der Waals surface area contributed by atoms with Gasteiger partial charge in [0.25, 0.3) is 0 Å². The Balaban J connectivity index is 2.54. The Morgan fingerprint density at radius 3 is 2.16 bits per heavy atom. The summed E-state index contributed by atoms with van der Waals surface area (Å²) in [6, 6.07) is 3.52. The Kier molecular flexibility index (Phi) is 3.70. The quantitative estimate of drug-likeness (QED) is 0.833. The van der Waals surface area contributed by atoms with Crippen molar-refractivity contribution in [2.45, 2.75) is 0 Å². The molecule has 100 valence electrons. The lowest BCUT2D eigenvalue weighted by atomic mass is 10.1. The second-order valence-electron chi connectivity index (χ2n) is 3.72. The lowest BCUT2D eigenvalue weighted by Crippen LogP contribution is -1.96. The number of hydrogen-bond acceptors (Lipinski definition) is 5. The van der Waals surface area contributed by atoms with Crippen LogP contribution in [0.3, 0.4) is 0 Å². The van der Waals surface area contributed by atoms with Crippen LogP contribution in [0.2, 0.25) is 0 Å². The fourth-order valence-corrected chi connectivity index (χ4v) is 1.76. The number of nitrogens with one attached hydrogen (secondary N) is 1. The van der Waals surface area contributed by atoms with Crippen LogP contribution in [-0.4, -0.2) is 37.6 Å².